The Kier molecular flexibility index (Phi) is 4.98. The molecule has 0 saturated heterocycles. The van der Waals surface area contributed by atoms with Crippen molar-refractivity contribution in [1.82, 2.24) is 4.98 Å². The average molecular weight is 338 g/mol. The Morgan fingerprint density at radius 1 is 1.30 bits per heavy atom. The van der Waals surface area contributed by atoms with Gasteiger partial charge in [-0.3, -0.25) is 0 Å². The van der Waals surface area contributed by atoms with Gasteiger partial charge in [-0.05, 0) is 36.8 Å². The van der Waals surface area contributed by atoms with Gasteiger partial charge in [0.25, 0.3) is 0 Å². The van der Waals surface area contributed by atoms with Crippen LogP contribution in [0.4, 0.5) is 0 Å². The smallest absolute Gasteiger partial charge is 0.219 e. The van der Waals surface area contributed by atoms with Crippen LogP contribution in [0.5, 0.6) is 11.6 Å². The maximum atomic E-state index is 9.43. The number of hydrogen-bond donors (Lipinski definition) is 1. The third-order valence-electron chi connectivity index (χ3n) is 2.90. The second-order valence-electron chi connectivity index (χ2n) is 4.33. The fourth-order valence-corrected chi connectivity index (χ4v) is 2.61. The molecule has 0 bridgehead atoms. The summed E-state index contributed by atoms with van der Waals surface area (Å²) in [6.45, 7) is 2.21. The first-order chi connectivity index (χ1) is 9.65. The molecule has 0 spiro atoms. The number of nitrogens with zero attached hydrogens (tertiary/aromatic N) is 1. The summed E-state index contributed by atoms with van der Waals surface area (Å²) in [5, 5.41) is 9.43. The zero-order chi connectivity index (χ0) is 14.5. The summed E-state index contributed by atoms with van der Waals surface area (Å²) in [6, 6.07) is 7.54. The third kappa shape index (κ3) is 3.29. The van der Waals surface area contributed by atoms with Gasteiger partial charge in [0.15, 0.2) is 0 Å². The number of aliphatic hydroxyl groups excluding tert-OH is 1. The van der Waals surface area contributed by atoms with E-state index in [-0.39, 0.29) is 6.61 Å². The van der Waals surface area contributed by atoms with Gasteiger partial charge >= 0.3 is 0 Å². The van der Waals surface area contributed by atoms with Crippen molar-refractivity contribution in [2.75, 3.05) is 7.11 Å². The highest BCUT2D eigenvalue weighted by Crippen LogP contribution is 2.29. The highest BCUT2D eigenvalue weighted by atomic mass is 79.9. The summed E-state index contributed by atoms with van der Waals surface area (Å²) in [4.78, 5) is 4.13. The monoisotopic (exact) mass is 337 g/mol. The highest BCUT2D eigenvalue weighted by Gasteiger charge is 2.10. The molecule has 0 aliphatic heterocycles. The van der Waals surface area contributed by atoms with Gasteiger partial charge in [0.2, 0.25) is 5.88 Å². The summed E-state index contributed by atoms with van der Waals surface area (Å²) in [5.74, 6) is 1.24. The molecule has 0 fully saturated rings. The van der Waals surface area contributed by atoms with Gasteiger partial charge in [0.1, 0.15) is 12.4 Å². The van der Waals surface area contributed by atoms with Gasteiger partial charge in [-0.1, -0.05) is 15.9 Å². The summed E-state index contributed by atoms with van der Waals surface area (Å²) in [6.07, 6.45) is 1.67. The first-order valence-electron chi connectivity index (χ1n) is 6.16. The van der Waals surface area contributed by atoms with Crippen LogP contribution in [-0.2, 0) is 13.2 Å². The molecule has 1 aromatic carbocycles. The van der Waals surface area contributed by atoms with Crippen molar-refractivity contribution < 1.29 is 14.6 Å². The van der Waals surface area contributed by atoms with Gasteiger partial charge < -0.3 is 14.6 Å². The molecule has 0 saturated carbocycles. The quantitative estimate of drug-likeness (QED) is 0.909. The van der Waals surface area contributed by atoms with Crippen LogP contribution in [0.15, 0.2) is 34.9 Å². The number of benzene rings is 1. The van der Waals surface area contributed by atoms with Crippen LogP contribution in [0.3, 0.4) is 0 Å². The van der Waals surface area contributed by atoms with Crippen LogP contribution < -0.4 is 9.47 Å². The molecule has 0 radical (unpaired) electrons. The molecule has 0 aliphatic carbocycles. The molecular weight excluding hydrogens is 322 g/mol. The minimum absolute atomic E-state index is 0.0697. The molecule has 106 valence electrons. The number of methoxy groups -OCH3 is 1. The Balaban J connectivity index is 2.23. The Hall–Kier alpha value is -1.59. The third-order valence-corrected chi connectivity index (χ3v) is 3.36. The minimum Gasteiger partial charge on any atom is -0.488 e. The molecule has 1 aromatic heterocycles. The number of aromatic nitrogens is 1. The number of rotatable bonds is 5. The van der Waals surface area contributed by atoms with E-state index >= 15 is 0 Å². The molecule has 1 N–H and O–H groups in total. The summed E-state index contributed by atoms with van der Waals surface area (Å²) >= 11 is 3.41. The van der Waals surface area contributed by atoms with Crippen LogP contribution >= 0.6 is 15.9 Å². The number of ether oxygens (including phenoxy) is 2. The van der Waals surface area contributed by atoms with Gasteiger partial charge in [-0.2, -0.15) is 0 Å². The largest absolute Gasteiger partial charge is 0.488 e. The van der Waals surface area contributed by atoms with E-state index in [4.69, 9.17) is 9.47 Å². The summed E-state index contributed by atoms with van der Waals surface area (Å²) in [5.41, 5.74) is 2.58. The Morgan fingerprint density at radius 2 is 2.10 bits per heavy atom. The SMILES string of the molecule is COc1ncccc1COc1c(C)cc(Br)cc1CO. The van der Waals surface area contributed by atoms with Crippen LogP contribution in [0, 0.1) is 6.92 Å². The van der Waals surface area contributed by atoms with Gasteiger partial charge in [0, 0.05) is 16.2 Å². The molecule has 1 heterocycles. The standard InChI is InChI=1S/C15H16BrNO3/c1-10-6-13(16)7-12(8-18)14(10)20-9-11-4-3-5-17-15(11)19-2/h3-7,18H,8-9H2,1-2H3. The van der Waals surface area contributed by atoms with Crippen LogP contribution in [0.25, 0.3) is 0 Å². The molecule has 0 amide bonds. The lowest BCUT2D eigenvalue weighted by molar-refractivity contribution is 0.255. The van der Waals surface area contributed by atoms with Crippen molar-refractivity contribution in [3.8, 4) is 11.6 Å². The fourth-order valence-electron chi connectivity index (χ4n) is 1.99. The highest BCUT2D eigenvalue weighted by molar-refractivity contribution is 9.10. The molecule has 20 heavy (non-hydrogen) atoms. The molecule has 0 unspecified atom stereocenters. The number of aryl methyl sites for hydroxylation is 1. The Labute approximate surface area is 126 Å². The number of halogens is 1. The van der Waals surface area contributed by atoms with Crippen molar-refractivity contribution in [2.24, 2.45) is 0 Å². The van der Waals surface area contributed by atoms with Crippen LogP contribution in [0.1, 0.15) is 16.7 Å². The maximum Gasteiger partial charge on any atom is 0.219 e. The average Bonchev–Trinajstić information content (AvgIpc) is 2.45. The van der Waals surface area contributed by atoms with E-state index in [9.17, 15) is 5.11 Å². The fraction of sp³-hybridized carbons (Fsp3) is 0.267. The first-order valence-corrected chi connectivity index (χ1v) is 6.95. The van der Waals surface area contributed by atoms with E-state index in [0.717, 1.165) is 21.2 Å². The van der Waals surface area contributed by atoms with E-state index in [1.165, 1.54) is 0 Å². The lowest BCUT2D eigenvalue weighted by Gasteiger charge is -2.14. The number of aliphatic hydroxyl groups is 1. The van der Waals surface area contributed by atoms with Crippen LogP contribution in [-0.4, -0.2) is 17.2 Å². The Bertz CT molecular complexity index is 602. The molecule has 4 nitrogen and oxygen atoms in total. The first kappa shape index (κ1) is 14.8. The van der Waals surface area contributed by atoms with Gasteiger partial charge in [-0.25, -0.2) is 4.98 Å². The molecular formula is C15H16BrNO3. The predicted octanol–water partition coefficient (Wildman–Crippen LogP) is 3.23. The van der Waals surface area contributed by atoms with Gasteiger partial charge in [-0.15, -0.1) is 0 Å². The molecule has 2 aromatic rings. The van der Waals surface area contributed by atoms with Crippen LogP contribution in [0.2, 0.25) is 0 Å². The van der Waals surface area contributed by atoms with Crippen molar-refractivity contribution in [2.45, 2.75) is 20.1 Å². The van der Waals surface area contributed by atoms with Crippen molar-refractivity contribution in [3.05, 3.63) is 51.6 Å². The zero-order valence-corrected chi connectivity index (χ0v) is 13.0. The predicted molar refractivity (Wildman–Crippen MR) is 79.9 cm³/mol. The summed E-state index contributed by atoms with van der Waals surface area (Å²) in [7, 11) is 1.58. The van der Waals surface area contributed by atoms with E-state index in [2.05, 4.69) is 20.9 Å². The summed E-state index contributed by atoms with van der Waals surface area (Å²) < 4.78 is 12.0. The topological polar surface area (TPSA) is 51.6 Å². The Morgan fingerprint density at radius 3 is 2.80 bits per heavy atom. The lowest BCUT2D eigenvalue weighted by Crippen LogP contribution is -2.03. The van der Waals surface area contributed by atoms with Crippen molar-refractivity contribution in [3.63, 3.8) is 0 Å². The number of hydrogen-bond acceptors (Lipinski definition) is 4. The molecule has 5 heteroatoms. The van der Waals surface area contributed by atoms with E-state index in [1.807, 2.05) is 31.2 Å². The molecule has 0 aliphatic rings. The van der Waals surface area contributed by atoms with Crippen molar-refractivity contribution >= 4 is 15.9 Å². The lowest BCUT2D eigenvalue weighted by atomic mass is 10.1. The second-order valence-corrected chi connectivity index (χ2v) is 5.25. The second kappa shape index (κ2) is 6.72. The maximum absolute atomic E-state index is 9.43. The van der Waals surface area contributed by atoms with E-state index in [1.54, 1.807) is 13.3 Å². The molecule has 0 atom stereocenters. The van der Waals surface area contributed by atoms with Crippen molar-refractivity contribution in [1.29, 1.82) is 0 Å². The molecule has 2 rings (SSSR count). The minimum atomic E-state index is -0.0697. The number of pyridine rings is 1. The van der Waals surface area contributed by atoms with Gasteiger partial charge in [0.05, 0.1) is 19.3 Å². The van der Waals surface area contributed by atoms with E-state index < -0.39 is 0 Å². The van der Waals surface area contributed by atoms with E-state index in [0.29, 0.717) is 18.2 Å². The zero-order valence-electron chi connectivity index (χ0n) is 11.4. The normalized spacial score (nSPS) is 10.4.